The second kappa shape index (κ2) is 5.84. The minimum atomic E-state index is -0.621. The Balaban J connectivity index is 1.82. The van der Waals surface area contributed by atoms with Crippen LogP contribution in [-0.4, -0.2) is 36.5 Å². The molecule has 1 saturated heterocycles. The van der Waals surface area contributed by atoms with E-state index in [1.54, 1.807) is 6.20 Å². The molecular weight excluding hydrogens is 330 g/mol. The van der Waals surface area contributed by atoms with Crippen molar-refractivity contribution in [1.82, 2.24) is 14.5 Å². The van der Waals surface area contributed by atoms with Gasteiger partial charge in [0.2, 0.25) is 5.28 Å². The van der Waals surface area contributed by atoms with E-state index < -0.39 is 9.76 Å². The lowest BCUT2D eigenvalue weighted by Gasteiger charge is -2.47. The zero-order chi connectivity index (χ0) is 16.8. The van der Waals surface area contributed by atoms with Gasteiger partial charge in [-0.2, -0.15) is 4.98 Å². The van der Waals surface area contributed by atoms with Gasteiger partial charge in [0.1, 0.15) is 11.9 Å². The van der Waals surface area contributed by atoms with E-state index in [-0.39, 0.29) is 22.2 Å². The minimum absolute atomic E-state index is 0.0672. The maximum absolute atomic E-state index is 6.35. The largest absolute Gasteiger partial charge is 0.418 e. The van der Waals surface area contributed by atoms with Crippen LogP contribution >= 0.6 is 11.6 Å². The number of halogens is 1. The third-order valence-electron chi connectivity index (χ3n) is 4.26. The summed E-state index contributed by atoms with van der Waals surface area (Å²) in [5.74, 6) is 0.293. The van der Waals surface area contributed by atoms with E-state index in [0.717, 1.165) is 11.0 Å². The molecule has 2 unspecified atom stereocenters. The normalized spacial score (nSPS) is 22.9. The molecule has 2 atom stereocenters. The van der Waals surface area contributed by atoms with Crippen LogP contribution in [-0.2, 0) is 9.16 Å². The molecule has 0 N–H and O–H groups in total. The van der Waals surface area contributed by atoms with Crippen molar-refractivity contribution >= 4 is 32.4 Å². The molecule has 23 heavy (non-hydrogen) atoms. The molecule has 0 saturated carbocycles. The van der Waals surface area contributed by atoms with Crippen molar-refractivity contribution in [3.63, 3.8) is 0 Å². The summed E-state index contributed by atoms with van der Waals surface area (Å²) in [7, 11) is -0.621. The van der Waals surface area contributed by atoms with E-state index >= 15 is 0 Å². The fourth-order valence-electron chi connectivity index (χ4n) is 2.73. The van der Waals surface area contributed by atoms with Gasteiger partial charge in [-0.15, -0.1) is 0 Å². The number of hydrogen-bond donors (Lipinski definition) is 0. The Morgan fingerprint density at radius 1 is 1.35 bits per heavy atom. The van der Waals surface area contributed by atoms with Gasteiger partial charge >= 0.3 is 0 Å². The number of nitrogens with zero attached hydrogens (tertiary/aromatic N) is 3. The van der Waals surface area contributed by atoms with Crippen molar-refractivity contribution in [3.8, 4) is 0 Å². The highest BCUT2D eigenvalue weighted by molar-refractivity contribution is 6.31. The van der Waals surface area contributed by atoms with Gasteiger partial charge in [0, 0.05) is 17.8 Å². The summed E-state index contributed by atoms with van der Waals surface area (Å²) in [4.78, 5) is 8.37. The number of fused-ring (bicyclic) bond motifs is 1. The molecule has 126 valence electrons. The molecule has 2 aromatic heterocycles. The molecule has 5 nitrogen and oxygen atoms in total. The van der Waals surface area contributed by atoms with E-state index in [4.69, 9.17) is 20.8 Å². The zero-order valence-corrected chi connectivity index (χ0v) is 16.5. The molecule has 3 rings (SSSR count). The van der Waals surface area contributed by atoms with Gasteiger partial charge in [-0.25, -0.2) is 4.98 Å². The van der Waals surface area contributed by atoms with Crippen LogP contribution in [0.3, 0.4) is 0 Å². The average Bonchev–Trinajstić information content (AvgIpc) is 2.77. The highest BCUT2D eigenvalue weighted by Crippen LogP contribution is 2.42. The van der Waals surface area contributed by atoms with Crippen molar-refractivity contribution in [1.29, 1.82) is 0 Å². The molecule has 0 radical (unpaired) electrons. The van der Waals surface area contributed by atoms with E-state index in [9.17, 15) is 0 Å². The smallest absolute Gasteiger partial charge is 0.224 e. The predicted molar refractivity (Wildman–Crippen MR) is 94.4 cm³/mol. The maximum atomic E-state index is 6.35. The van der Waals surface area contributed by atoms with Crippen LogP contribution in [0.25, 0.3) is 11.0 Å². The topological polar surface area (TPSA) is 49.2 Å². The SMILES string of the molecule is CC(C)(C)[SiH2]OC(C)(C)C1COC1n1ccc2cnc(Cl)nc21. The van der Waals surface area contributed by atoms with Crippen LogP contribution in [0.15, 0.2) is 18.5 Å². The standard InChI is InChI=1S/C16H24ClN3O2Si/c1-15(2,3)23-22-16(4,5)11-9-21-13(11)20-7-6-10-8-18-14(17)19-12(10)20/h6-8,11,13H,9,23H2,1-5H3. The van der Waals surface area contributed by atoms with Gasteiger partial charge in [-0.3, -0.25) is 0 Å². The van der Waals surface area contributed by atoms with Crippen LogP contribution in [0, 0.1) is 5.92 Å². The average molecular weight is 354 g/mol. The second-order valence-corrected chi connectivity index (χ2v) is 11.0. The first-order valence-corrected chi connectivity index (χ1v) is 9.58. The third-order valence-corrected chi connectivity index (χ3v) is 6.20. The third kappa shape index (κ3) is 3.45. The van der Waals surface area contributed by atoms with Gasteiger partial charge in [0.05, 0.1) is 18.1 Å². The molecule has 0 aromatic carbocycles. The predicted octanol–water partition coefficient (Wildman–Crippen LogP) is 3.33. The molecule has 0 amide bonds. The second-order valence-electron chi connectivity index (χ2n) is 7.92. The quantitative estimate of drug-likeness (QED) is 0.625. The first kappa shape index (κ1) is 16.9. The monoisotopic (exact) mass is 353 g/mol. The summed E-state index contributed by atoms with van der Waals surface area (Å²) in [5.41, 5.74) is 0.596. The summed E-state index contributed by atoms with van der Waals surface area (Å²) in [6, 6.07) is 1.99. The molecule has 3 heterocycles. The van der Waals surface area contributed by atoms with Gasteiger partial charge in [0.15, 0.2) is 9.76 Å². The van der Waals surface area contributed by atoms with Crippen LogP contribution in [0.1, 0.15) is 40.8 Å². The lowest BCUT2D eigenvalue weighted by Crippen LogP contribution is -2.51. The molecule has 7 heteroatoms. The van der Waals surface area contributed by atoms with Gasteiger partial charge in [-0.1, -0.05) is 20.8 Å². The van der Waals surface area contributed by atoms with E-state index in [1.807, 2.05) is 16.8 Å². The minimum Gasteiger partial charge on any atom is -0.418 e. The first-order valence-electron chi connectivity index (χ1n) is 7.92. The summed E-state index contributed by atoms with van der Waals surface area (Å²) < 4.78 is 14.2. The Hall–Kier alpha value is -0.953. The molecule has 1 aliphatic rings. The molecular formula is C16H24ClN3O2Si. The van der Waals surface area contributed by atoms with Crippen LogP contribution in [0.5, 0.6) is 0 Å². The zero-order valence-electron chi connectivity index (χ0n) is 14.3. The summed E-state index contributed by atoms with van der Waals surface area (Å²) in [6.07, 6.45) is 3.66. The van der Waals surface area contributed by atoms with Crippen molar-refractivity contribution in [2.45, 2.75) is 51.5 Å². The van der Waals surface area contributed by atoms with Crippen molar-refractivity contribution < 1.29 is 9.16 Å². The number of hydrogen-bond acceptors (Lipinski definition) is 4. The van der Waals surface area contributed by atoms with E-state index in [0.29, 0.717) is 12.5 Å². The van der Waals surface area contributed by atoms with Crippen molar-refractivity contribution in [2.75, 3.05) is 6.61 Å². The molecule has 2 aromatic rings. The van der Waals surface area contributed by atoms with Gasteiger partial charge < -0.3 is 13.7 Å². The van der Waals surface area contributed by atoms with Gasteiger partial charge in [-0.05, 0) is 36.6 Å². The lowest BCUT2D eigenvalue weighted by atomic mass is 9.86. The summed E-state index contributed by atoms with van der Waals surface area (Å²) in [6.45, 7) is 11.8. The van der Waals surface area contributed by atoms with E-state index in [2.05, 4.69) is 44.6 Å². The Bertz CT molecular complexity index is 711. The van der Waals surface area contributed by atoms with Crippen molar-refractivity contribution in [3.05, 3.63) is 23.7 Å². The Morgan fingerprint density at radius 2 is 2.09 bits per heavy atom. The fraction of sp³-hybridized carbons (Fsp3) is 0.625. The highest BCUT2D eigenvalue weighted by Gasteiger charge is 2.45. The molecule has 0 bridgehead atoms. The molecule has 1 fully saturated rings. The van der Waals surface area contributed by atoms with Crippen molar-refractivity contribution in [2.24, 2.45) is 5.92 Å². The number of aromatic nitrogens is 3. The van der Waals surface area contributed by atoms with Gasteiger partial charge in [0.25, 0.3) is 0 Å². The molecule has 1 aliphatic heterocycles. The molecule has 0 aliphatic carbocycles. The fourth-order valence-corrected chi connectivity index (χ4v) is 3.88. The molecule has 0 spiro atoms. The Labute approximate surface area is 144 Å². The Kier molecular flexibility index (Phi) is 4.29. The maximum Gasteiger partial charge on any atom is 0.224 e. The van der Waals surface area contributed by atoms with Crippen LogP contribution in [0.4, 0.5) is 0 Å². The first-order chi connectivity index (χ1) is 10.7. The number of rotatable bonds is 4. The Morgan fingerprint density at radius 3 is 2.70 bits per heavy atom. The van der Waals surface area contributed by atoms with Crippen LogP contribution in [0.2, 0.25) is 10.3 Å². The number of ether oxygens (including phenoxy) is 1. The summed E-state index contributed by atoms with van der Waals surface area (Å²) >= 11 is 5.94. The van der Waals surface area contributed by atoms with E-state index in [1.165, 1.54) is 0 Å². The lowest BCUT2D eigenvalue weighted by molar-refractivity contribution is -0.213. The van der Waals surface area contributed by atoms with Crippen LogP contribution < -0.4 is 0 Å². The summed E-state index contributed by atoms with van der Waals surface area (Å²) in [5, 5.41) is 1.49. The highest BCUT2D eigenvalue weighted by atomic mass is 35.5.